The number of para-hydroxylation sites is 1. The van der Waals surface area contributed by atoms with Crippen LogP contribution in [-0.4, -0.2) is 37.6 Å². The zero-order valence-corrected chi connectivity index (χ0v) is 19.8. The Bertz CT molecular complexity index is 1260. The zero-order chi connectivity index (χ0) is 23.4. The van der Waals surface area contributed by atoms with Crippen LogP contribution in [0.15, 0.2) is 59.7 Å². The topological polar surface area (TPSA) is 85.0 Å². The molecule has 0 aliphatic rings. The van der Waals surface area contributed by atoms with Gasteiger partial charge in [0.1, 0.15) is 0 Å². The van der Waals surface area contributed by atoms with Gasteiger partial charge in [0.05, 0.1) is 17.1 Å². The minimum atomic E-state index is 0.614. The van der Waals surface area contributed by atoms with E-state index in [9.17, 15) is 0 Å². The minimum absolute atomic E-state index is 0.614. The van der Waals surface area contributed by atoms with Gasteiger partial charge in [0.15, 0.2) is 11.8 Å². The second-order valence-corrected chi connectivity index (χ2v) is 8.11. The molecule has 4 aromatic rings. The van der Waals surface area contributed by atoms with E-state index in [0.717, 1.165) is 51.4 Å². The maximum atomic E-state index is 4.63. The number of aromatic nitrogens is 5. The van der Waals surface area contributed by atoms with Crippen LogP contribution < -0.4 is 10.6 Å². The Morgan fingerprint density at radius 2 is 1.52 bits per heavy atom. The second kappa shape index (κ2) is 9.68. The van der Waals surface area contributed by atoms with Crippen molar-refractivity contribution in [3.8, 4) is 11.5 Å². The van der Waals surface area contributed by atoms with Crippen molar-refractivity contribution in [2.75, 3.05) is 7.05 Å². The lowest BCUT2D eigenvalue weighted by Crippen LogP contribution is -2.36. The molecular weight excluding hydrogens is 412 g/mol. The summed E-state index contributed by atoms with van der Waals surface area (Å²) in [6.07, 6.45) is 1.87. The number of aliphatic imine (C=N–C) groups is 1. The number of guanidine groups is 1. The van der Waals surface area contributed by atoms with Crippen LogP contribution in [0.25, 0.3) is 11.5 Å². The second-order valence-electron chi connectivity index (χ2n) is 8.11. The number of hydrogen-bond donors (Lipinski definition) is 2. The Morgan fingerprint density at radius 1 is 0.848 bits per heavy atom. The number of hydrogen-bond acceptors (Lipinski definition) is 4. The summed E-state index contributed by atoms with van der Waals surface area (Å²) in [4.78, 5) is 8.93. The average molecular weight is 443 g/mol. The van der Waals surface area contributed by atoms with Crippen LogP contribution >= 0.6 is 0 Å². The van der Waals surface area contributed by atoms with E-state index >= 15 is 0 Å². The number of nitrogens with zero attached hydrogens (tertiary/aromatic N) is 6. The molecule has 0 spiro atoms. The van der Waals surface area contributed by atoms with Crippen molar-refractivity contribution >= 4 is 5.96 Å². The van der Waals surface area contributed by atoms with E-state index in [4.69, 9.17) is 0 Å². The van der Waals surface area contributed by atoms with Gasteiger partial charge in [-0.05, 0) is 63.1 Å². The molecule has 8 heteroatoms. The fraction of sp³-hybridized carbons (Fsp3) is 0.280. The van der Waals surface area contributed by atoms with E-state index < -0.39 is 0 Å². The number of nitrogens with one attached hydrogen (secondary N) is 2. The lowest BCUT2D eigenvalue weighted by Gasteiger charge is -2.15. The molecule has 0 fully saturated rings. The summed E-state index contributed by atoms with van der Waals surface area (Å²) in [7, 11) is 1.77. The molecule has 170 valence electrons. The van der Waals surface area contributed by atoms with Gasteiger partial charge in [-0.2, -0.15) is 10.2 Å². The summed E-state index contributed by atoms with van der Waals surface area (Å²) in [6.45, 7) is 9.33. The highest BCUT2D eigenvalue weighted by Crippen LogP contribution is 2.17. The van der Waals surface area contributed by atoms with Crippen LogP contribution in [0.4, 0.5) is 0 Å². The number of rotatable bonds is 6. The van der Waals surface area contributed by atoms with Gasteiger partial charge in [0, 0.05) is 37.7 Å². The summed E-state index contributed by atoms with van der Waals surface area (Å²) in [5, 5.41) is 15.9. The molecule has 8 nitrogen and oxygen atoms in total. The molecule has 0 radical (unpaired) electrons. The molecule has 0 amide bonds. The molecule has 2 N–H and O–H groups in total. The molecule has 0 aliphatic heterocycles. The van der Waals surface area contributed by atoms with Crippen molar-refractivity contribution in [2.45, 2.75) is 40.8 Å². The third-order valence-electron chi connectivity index (χ3n) is 5.39. The molecule has 3 heterocycles. The van der Waals surface area contributed by atoms with Crippen molar-refractivity contribution in [1.29, 1.82) is 0 Å². The van der Waals surface area contributed by atoms with Gasteiger partial charge in [-0.1, -0.05) is 24.3 Å². The fourth-order valence-corrected chi connectivity index (χ4v) is 3.83. The van der Waals surface area contributed by atoms with Crippen molar-refractivity contribution in [3.05, 3.63) is 88.6 Å². The molecule has 0 unspecified atom stereocenters. The van der Waals surface area contributed by atoms with Gasteiger partial charge >= 0.3 is 0 Å². The lowest BCUT2D eigenvalue weighted by molar-refractivity contribution is 0.776. The van der Waals surface area contributed by atoms with E-state index in [1.165, 1.54) is 0 Å². The van der Waals surface area contributed by atoms with Crippen molar-refractivity contribution in [2.24, 2.45) is 4.99 Å². The average Bonchev–Trinajstić information content (AvgIpc) is 3.33. The molecule has 0 bridgehead atoms. The number of aryl methyl sites for hydroxylation is 4. The van der Waals surface area contributed by atoms with Crippen LogP contribution in [0.3, 0.4) is 0 Å². The first-order chi connectivity index (χ1) is 15.9. The molecule has 3 aromatic heterocycles. The molecule has 4 rings (SSSR count). The molecule has 0 saturated carbocycles. The third-order valence-corrected chi connectivity index (χ3v) is 5.39. The Morgan fingerprint density at radius 3 is 2.12 bits per heavy atom. The van der Waals surface area contributed by atoms with E-state index in [1.807, 2.05) is 60.6 Å². The number of pyridine rings is 1. The Labute approximate surface area is 194 Å². The first kappa shape index (κ1) is 22.3. The van der Waals surface area contributed by atoms with Gasteiger partial charge < -0.3 is 10.6 Å². The van der Waals surface area contributed by atoms with E-state index in [0.29, 0.717) is 13.1 Å². The van der Waals surface area contributed by atoms with Crippen LogP contribution in [-0.2, 0) is 13.1 Å². The SMILES string of the molecule is CN=C(NCc1ccc(-n2nc(C)cc2C)nc1)NCc1ccccc1-n1nc(C)cc1C. The standard InChI is InChI=1S/C25H30N8/c1-17-12-19(3)32(30-17)23-9-7-6-8-22(23)16-29-25(26-5)28-15-21-10-11-24(27-14-21)33-20(4)13-18(2)31-33/h6-14H,15-16H2,1-5H3,(H2,26,28,29). The molecular formula is C25H30N8. The molecule has 0 atom stereocenters. The lowest BCUT2D eigenvalue weighted by atomic mass is 10.1. The predicted octanol–water partition coefficient (Wildman–Crippen LogP) is 3.55. The van der Waals surface area contributed by atoms with Gasteiger partial charge in [-0.15, -0.1) is 0 Å². The normalized spacial score (nSPS) is 11.6. The summed E-state index contributed by atoms with van der Waals surface area (Å²) >= 11 is 0. The summed E-state index contributed by atoms with van der Waals surface area (Å²) < 4.78 is 3.84. The largest absolute Gasteiger partial charge is 0.352 e. The maximum absolute atomic E-state index is 4.63. The first-order valence-electron chi connectivity index (χ1n) is 11.0. The zero-order valence-electron chi connectivity index (χ0n) is 19.8. The van der Waals surface area contributed by atoms with E-state index in [1.54, 1.807) is 7.05 Å². The Hall–Kier alpha value is -3.94. The first-order valence-corrected chi connectivity index (χ1v) is 11.0. The highest BCUT2D eigenvalue weighted by atomic mass is 15.3. The van der Waals surface area contributed by atoms with Crippen LogP contribution in [0.1, 0.15) is 33.9 Å². The quantitative estimate of drug-likeness (QED) is 0.352. The van der Waals surface area contributed by atoms with E-state index in [-0.39, 0.29) is 0 Å². The van der Waals surface area contributed by atoms with Crippen molar-refractivity contribution in [3.63, 3.8) is 0 Å². The van der Waals surface area contributed by atoms with Gasteiger partial charge in [-0.25, -0.2) is 14.3 Å². The summed E-state index contributed by atoms with van der Waals surface area (Å²) in [5.74, 6) is 1.54. The molecule has 0 saturated heterocycles. The van der Waals surface area contributed by atoms with Crippen LogP contribution in [0.5, 0.6) is 0 Å². The monoisotopic (exact) mass is 442 g/mol. The van der Waals surface area contributed by atoms with Crippen molar-refractivity contribution in [1.82, 2.24) is 35.2 Å². The van der Waals surface area contributed by atoms with Gasteiger partial charge in [0.25, 0.3) is 0 Å². The third kappa shape index (κ3) is 5.11. The smallest absolute Gasteiger partial charge is 0.191 e. The van der Waals surface area contributed by atoms with E-state index in [2.05, 4.69) is 62.0 Å². The Balaban J connectivity index is 1.38. The molecule has 0 aliphatic carbocycles. The Kier molecular flexibility index (Phi) is 6.53. The predicted molar refractivity (Wildman–Crippen MR) is 131 cm³/mol. The summed E-state index contributed by atoms with van der Waals surface area (Å²) in [5.41, 5.74) is 7.43. The van der Waals surface area contributed by atoms with Crippen LogP contribution in [0, 0.1) is 27.7 Å². The molecule has 1 aromatic carbocycles. The minimum Gasteiger partial charge on any atom is -0.352 e. The maximum Gasteiger partial charge on any atom is 0.191 e. The highest BCUT2D eigenvalue weighted by molar-refractivity contribution is 5.79. The summed E-state index contributed by atoms with van der Waals surface area (Å²) in [6, 6.07) is 16.4. The van der Waals surface area contributed by atoms with Crippen molar-refractivity contribution < 1.29 is 0 Å². The number of benzene rings is 1. The van der Waals surface area contributed by atoms with Gasteiger partial charge in [-0.3, -0.25) is 4.99 Å². The van der Waals surface area contributed by atoms with Gasteiger partial charge in [0.2, 0.25) is 0 Å². The molecule has 33 heavy (non-hydrogen) atoms. The van der Waals surface area contributed by atoms with Crippen LogP contribution in [0.2, 0.25) is 0 Å². The fourth-order valence-electron chi connectivity index (χ4n) is 3.83. The highest BCUT2D eigenvalue weighted by Gasteiger charge is 2.10.